The quantitative estimate of drug-likeness (QED) is 0.842. The number of nitrogens with zero attached hydrogens (tertiary/aromatic N) is 1. The minimum atomic E-state index is -0.108. The molecule has 1 N–H and O–H groups in total. The number of aromatic nitrogens is 1. The third-order valence-electron chi connectivity index (χ3n) is 1.93. The number of nitrogens with one attached hydrogen (secondary N) is 1. The van der Waals surface area contributed by atoms with Crippen molar-refractivity contribution < 1.29 is 4.79 Å². The summed E-state index contributed by atoms with van der Waals surface area (Å²) >= 11 is 1.33. The van der Waals surface area contributed by atoms with E-state index in [1.54, 1.807) is 11.7 Å². The summed E-state index contributed by atoms with van der Waals surface area (Å²) in [6.45, 7) is 1.99. The van der Waals surface area contributed by atoms with Crippen molar-refractivity contribution in [1.82, 2.24) is 4.98 Å². The normalized spacial score (nSPS) is 9.93. The molecule has 0 atom stereocenters. The highest BCUT2D eigenvalue weighted by Crippen LogP contribution is 2.13. The van der Waals surface area contributed by atoms with Gasteiger partial charge in [0, 0.05) is 5.69 Å². The van der Waals surface area contributed by atoms with E-state index >= 15 is 0 Å². The van der Waals surface area contributed by atoms with Gasteiger partial charge in [-0.3, -0.25) is 9.78 Å². The van der Waals surface area contributed by atoms with Gasteiger partial charge >= 0.3 is 0 Å². The summed E-state index contributed by atoms with van der Waals surface area (Å²) in [5.74, 6) is -0.108. The largest absolute Gasteiger partial charge is 0.321 e. The number of amides is 1. The number of thiazole rings is 1. The van der Waals surface area contributed by atoms with Crippen LogP contribution in [0.2, 0.25) is 0 Å². The van der Waals surface area contributed by atoms with E-state index in [2.05, 4.69) is 10.3 Å². The highest BCUT2D eigenvalue weighted by atomic mass is 32.1. The van der Waals surface area contributed by atoms with Crippen LogP contribution in [-0.2, 0) is 0 Å². The van der Waals surface area contributed by atoms with Crippen molar-refractivity contribution in [2.75, 3.05) is 5.32 Å². The van der Waals surface area contributed by atoms with Gasteiger partial charge in [-0.2, -0.15) is 0 Å². The summed E-state index contributed by atoms with van der Waals surface area (Å²) in [6.07, 6.45) is 1.57. The van der Waals surface area contributed by atoms with Gasteiger partial charge < -0.3 is 5.32 Å². The van der Waals surface area contributed by atoms with Crippen LogP contribution in [0.5, 0.6) is 0 Å². The Morgan fingerprint density at radius 2 is 2.33 bits per heavy atom. The van der Waals surface area contributed by atoms with Crippen LogP contribution in [-0.4, -0.2) is 10.9 Å². The number of hydrogen-bond donors (Lipinski definition) is 1. The molecular formula is C11H10N2OS. The van der Waals surface area contributed by atoms with E-state index in [-0.39, 0.29) is 5.91 Å². The lowest BCUT2D eigenvalue weighted by atomic mass is 10.2. The van der Waals surface area contributed by atoms with Crippen molar-refractivity contribution >= 4 is 22.9 Å². The van der Waals surface area contributed by atoms with E-state index in [0.717, 1.165) is 11.3 Å². The van der Waals surface area contributed by atoms with Gasteiger partial charge in [-0.05, 0) is 24.6 Å². The Kier molecular flexibility index (Phi) is 2.78. The van der Waals surface area contributed by atoms with Gasteiger partial charge in [0.05, 0.1) is 11.7 Å². The Morgan fingerprint density at radius 3 is 3.00 bits per heavy atom. The molecule has 0 fully saturated rings. The molecule has 0 aliphatic heterocycles. The summed E-state index contributed by atoms with van der Waals surface area (Å²) in [5.41, 5.74) is 3.58. The first-order valence-corrected chi connectivity index (χ1v) is 5.40. The Morgan fingerprint density at radius 1 is 1.47 bits per heavy atom. The van der Waals surface area contributed by atoms with Crippen LogP contribution < -0.4 is 5.32 Å². The van der Waals surface area contributed by atoms with Gasteiger partial charge in [0.25, 0.3) is 5.91 Å². The number of hydrogen-bond acceptors (Lipinski definition) is 3. The van der Waals surface area contributed by atoms with E-state index in [0.29, 0.717) is 4.88 Å². The highest BCUT2D eigenvalue weighted by molar-refractivity contribution is 7.11. The summed E-state index contributed by atoms with van der Waals surface area (Å²) in [6, 6.07) is 7.70. The topological polar surface area (TPSA) is 42.0 Å². The van der Waals surface area contributed by atoms with Crippen molar-refractivity contribution in [1.29, 1.82) is 0 Å². The smallest absolute Gasteiger partial charge is 0.267 e. The molecule has 3 nitrogen and oxygen atoms in total. The van der Waals surface area contributed by atoms with Crippen molar-refractivity contribution in [3.8, 4) is 0 Å². The predicted molar refractivity (Wildman–Crippen MR) is 61.2 cm³/mol. The minimum Gasteiger partial charge on any atom is -0.321 e. The standard InChI is InChI=1S/C11H10N2OS/c1-8-3-2-4-9(5-8)13-11(14)10-6-12-7-15-10/h2-7H,1H3,(H,13,14). The lowest BCUT2D eigenvalue weighted by Gasteiger charge is -2.03. The molecule has 1 aromatic heterocycles. The molecule has 1 amide bonds. The van der Waals surface area contributed by atoms with Crippen molar-refractivity contribution in [2.24, 2.45) is 0 Å². The van der Waals surface area contributed by atoms with E-state index in [1.165, 1.54) is 11.3 Å². The zero-order valence-electron chi connectivity index (χ0n) is 8.23. The van der Waals surface area contributed by atoms with Gasteiger partial charge in [0.15, 0.2) is 0 Å². The van der Waals surface area contributed by atoms with Crippen LogP contribution in [0.4, 0.5) is 5.69 Å². The second-order valence-electron chi connectivity index (χ2n) is 3.19. The molecule has 2 rings (SSSR count). The molecule has 0 aliphatic rings. The Bertz CT molecular complexity index is 465. The Hall–Kier alpha value is -1.68. The third-order valence-corrected chi connectivity index (χ3v) is 2.70. The fraction of sp³-hybridized carbons (Fsp3) is 0.0909. The van der Waals surface area contributed by atoms with E-state index < -0.39 is 0 Å². The molecule has 4 heteroatoms. The molecule has 0 radical (unpaired) electrons. The lowest BCUT2D eigenvalue weighted by molar-refractivity contribution is 0.103. The van der Waals surface area contributed by atoms with Crippen molar-refractivity contribution in [3.63, 3.8) is 0 Å². The van der Waals surface area contributed by atoms with Gasteiger partial charge in [0.1, 0.15) is 4.88 Å². The van der Waals surface area contributed by atoms with Crippen LogP contribution in [0.3, 0.4) is 0 Å². The lowest BCUT2D eigenvalue weighted by Crippen LogP contribution is -2.09. The number of benzene rings is 1. The predicted octanol–water partition coefficient (Wildman–Crippen LogP) is 2.70. The van der Waals surface area contributed by atoms with Crippen LogP contribution >= 0.6 is 11.3 Å². The molecule has 0 aliphatic carbocycles. The van der Waals surface area contributed by atoms with Gasteiger partial charge in [0.2, 0.25) is 0 Å². The second kappa shape index (κ2) is 4.23. The van der Waals surface area contributed by atoms with Gasteiger partial charge in [-0.15, -0.1) is 11.3 Å². The van der Waals surface area contributed by atoms with E-state index in [4.69, 9.17) is 0 Å². The average Bonchev–Trinajstić information content (AvgIpc) is 2.70. The number of carbonyl (C=O) groups excluding carboxylic acids is 1. The molecule has 76 valence electrons. The third kappa shape index (κ3) is 2.41. The Balaban J connectivity index is 2.13. The van der Waals surface area contributed by atoms with E-state index in [9.17, 15) is 4.79 Å². The Labute approximate surface area is 91.8 Å². The zero-order chi connectivity index (χ0) is 10.7. The van der Waals surface area contributed by atoms with Crippen LogP contribution in [0.25, 0.3) is 0 Å². The maximum atomic E-state index is 11.6. The number of anilines is 1. The molecule has 0 saturated carbocycles. The SMILES string of the molecule is Cc1cccc(NC(=O)c2cncs2)c1. The van der Waals surface area contributed by atoms with Crippen LogP contribution in [0.1, 0.15) is 15.2 Å². The first kappa shape index (κ1) is 9.86. The molecule has 2 aromatic rings. The summed E-state index contributed by atoms with van der Waals surface area (Å²) in [4.78, 5) is 16.1. The molecular weight excluding hydrogens is 208 g/mol. The van der Waals surface area contributed by atoms with E-state index in [1.807, 2.05) is 31.2 Å². The maximum Gasteiger partial charge on any atom is 0.267 e. The number of carbonyl (C=O) groups is 1. The zero-order valence-corrected chi connectivity index (χ0v) is 9.04. The molecule has 0 spiro atoms. The molecule has 15 heavy (non-hydrogen) atoms. The summed E-state index contributed by atoms with van der Waals surface area (Å²) in [7, 11) is 0. The fourth-order valence-corrected chi connectivity index (χ4v) is 1.76. The second-order valence-corrected chi connectivity index (χ2v) is 4.08. The van der Waals surface area contributed by atoms with Crippen molar-refractivity contribution in [3.05, 3.63) is 46.4 Å². The number of aryl methyl sites for hydroxylation is 1. The van der Waals surface area contributed by atoms with Gasteiger partial charge in [-0.25, -0.2) is 0 Å². The first-order valence-electron chi connectivity index (χ1n) is 4.52. The van der Waals surface area contributed by atoms with Crippen LogP contribution in [0.15, 0.2) is 36.0 Å². The molecule has 1 heterocycles. The first-order chi connectivity index (χ1) is 7.25. The maximum absolute atomic E-state index is 11.6. The number of rotatable bonds is 2. The fourth-order valence-electron chi connectivity index (χ4n) is 1.24. The molecule has 0 saturated heterocycles. The average molecular weight is 218 g/mol. The van der Waals surface area contributed by atoms with Crippen LogP contribution in [0, 0.1) is 6.92 Å². The molecule has 0 bridgehead atoms. The van der Waals surface area contributed by atoms with Crippen molar-refractivity contribution in [2.45, 2.75) is 6.92 Å². The molecule has 0 unspecified atom stereocenters. The minimum absolute atomic E-state index is 0.108. The highest BCUT2D eigenvalue weighted by Gasteiger charge is 2.06. The summed E-state index contributed by atoms with van der Waals surface area (Å²) in [5, 5.41) is 2.82. The van der Waals surface area contributed by atoms with Gasteiger partial charge in [-0.1, -0.05) is 12.1 Å². The monoisotopic (exact) mass is 218 g/mol. The summed E-state index contributed by atoms with van der Waals surface area (Å²) < 4.78 is 0. The molecule has 1 aromatic carbocycles.